The largest absolute Gasteiger partial charge is 0.313 e. The van der Waals surface area contributed by atoms with Gasteiger partial charge in [0.1, 0.15) is 5.82 Å². The van der Waals surface area contributed by atoms with E-state index in [1.807, 2.05) is 13.0 Å². The van der Waals surface area contributed by atoms with Crippen LogP contribution in [0.5, 0.6) is 0 Å². The van der Waals surface area contributed by atoms with Gasteiger partial charge in [0.05, 0.1) is 0 Å². The van der Waals surface area contributed by atoms with E-state index in [0.29, 0.717) is 0 Å². The molecule has 1 aromatic rings. The molecule has 1 aliphatic rings. The van der Waals surface area contributed by atoms with Crippen molar-refractivity contribution in [2.24, 2.45) is 11.8 Å². The summed E-state index contributed by atoms with van der Waals surface area (Å²) in [5.41, 5.74) is 2.25. The highest BCUT2D eigenvalue weighted by atomic mass is 19.1. The van der Waals surface area contributed by atoms with Crippen molar-refractivity contribution in [3.05, 3.63) is 35.1 Å². The van der Waals surface area contributed by atoms with E-state index in [4.69, 9.17) is 0 Å². The second-order valence-electron chi connectivity index (χ2n) is 6.17. The van der Waals surface area contributed by atoms with E-state index in [9.17, 15) is 4.39 Å². The highest BCUT2D eigenvalue weighted by molar-refractivity contribution is 5.26. The quantitative estimate of drug-likeness (QED) is 0.774. The molecule has 0 aromatic heterocycles. The Morgan fingerprint density at radius 3 is 2.95 bits per heavy atom. The molecule has 0 heterocycles. The molecule has 2 heteroatoms. The molecule has 0 bridgehead atoms. The third-order valence-corrected chi connectivity index (χ3v) is 4.40. The lowest BCUT2D eigenvalue weighted by Gasteiger charge is -2.26. The molecule has 1 N–H and O–H groups in total. The lowest BCUT2D eigenvalue weighted by Crippen LogP contribution is -2.21. The van der Waals surface area contributed by atoms with Gasteiger partial charge in [-0.1, -0.05) is 32.3 Å². The fourth-order valence-electron chi connectivity index (χ4n) is 3.18. The summed E-state index contributed by atoms with van der Waals surface area (Å²) in [4.78, 5) is 0. The molecule has 0 spiro atoms. The smallest absolute Gasteiger partial charge is 0.123 e. The Balaban J connectivity index is 1.70. The fourth-order valence-corrected chi connectivity index (χ4v) is 3.18. The molecule has 0 aliphatic heterocycles. The molecule has 1 saturated carbocycles. The van der Waals surface area contributed by atoms with Crippen LogP contribution in [0, 0.1) is 24.6 Å². The number of benzene rings is 1. The summed E-state index contributed by atoms with van der Waals surface area (Å²) >= 11 is 0. The summed E-state index contributed by atoms with van der Waals surface area (Å²) in [5.74, 6) is 1.66. The molecule has 1 aromatic carbocycles. The minimum Gasteiger partial charge on any atom is -0.313 e. The van der Waals surface area contributed by atoms with Crippen LogP contribution in [0.15, 0.2) is 18.2 Å². The van der Waals surface area contributed by atoms with E-state index in [1.165, 1.54) is 43.7 Å². The first-order valence-electron chi connectivity index (χ1n) is 7.61. The summed E-state index contributed by atoms with van der Waals surface area (Å²) < 4.78 is 13.2. The highest BCUT2D eigenvalue weighted by Crippen LogP contribution is 2.30. The van der Waals surface area contributed by atoms with Crippen molar-refractivity contribution in [2.75, 3.05) is 6.54 Å². The van der Waals surface area contributed by atoms with Gasteiger partial charge >= 0.3 is 0 Å². The second-order valence-corrected chi connectivity index (χ2v) is 6.17. The van der Waals surface area contributed by atoms with Crippen LogP contribution in [-0.4, -0.2) is 6.54 Å². The van der Waals surface area contributed by atoms with Gasteiger partial charge in [-0.25, -0.2) is 4.39 Å². The Bertz CT molecular complexity index is 402. The van der Waals surface area contributed by atoms with Gasteiger partial charge in [0, 0.05) is 6.54 Å². The molecule has 19 heavy (non-hydrogen) atoms. The fraction of sp³-hybridized carbons (Fsp3) is 0.647. The summed E-state index contributed by atoms with van der Waals surface area (Å²) in [6, 6.07) is 5.03. The van der Waals surface area contributed by atoms with Gasteiger partial charge in [-0.3, -0.25) is 0 Å². The zero-order chi connectivity index (χ0) is 13.7. The van der Waals surface area contributed by atoms with Gasteiger partial charge in [0.15, 0.2) is 0 Å². The molecular weight excluding hydrogens is 237 g/mol. The average molecular weight is 263 g/mol. The number of halogens is 1. The first-order valence-corrected chi connectivity index (χ1v) is 7.61. The van der Waals surface area contributed by atoms with Gasteiger partial charge in [0.2, 0.25) is 0 Å². The Labute approximate surface area is 116 Å². The Kier molecular flexibility index (Phi) is 5.38. The van der Waals surface area contributed by atoms with E-state index in [0.717, 1.165) is 30.5 Å². The minimum atomic E-state index is -0.136. The SMILES string of the molecule is Cc1ccc(F)cc1CNCCC1CCCC(C)C1. The maximum Gasteiger partial charge on any atom is 0.123 e. The van der Waals surface area contributed by atoms with Crippen molar-refractivity contribution in [3.63, 3.8) is 0 Å². The van der Waals surface area contributed by atoms with Crippen molar-refractivity contribution in [3.8, 4) is 0 Å². The first kappa shape index (κ1) is 14.5. The molecule has 2 unspecified atom stereocenters. The molecule has 106 valence electrons. The molecule has 1 fully saturated rings. The van der Waals surface area contributed by atoms with Gasteiger partial charge in [-0.05, 0) is 61.4 Å². The minimum absolute atomic E-state index is 0.136. The van der Waals surface area contributed by atoms with Crippen molar-refractivity contribution >= 4 is 0 Å². The van der Waals surface area contributed by atoms with Crippen molar-refractivity contribution in [1.29, 1.82) is 0 Å². The normalized spacial score (nSPS) is 23.5. The van der Waals surface area contributed by atoms with Gasteiger partial charge < -0.3 is 5.32 Å². The predicted molar refractivity (Wildman–Crippen MR) is 78.6 cm³/mol. The van der Waals surface area contributed by atoms with E-state index in [1.54, 1.807) is 6.07 Å². The molecule has 0 amide bonds. The molecular formula is C17H26FN. The van der Waals surface area contributed by atoms with Crippen LogP contribution >= 0.6 is 0 Å². The van der Waals surface area contributed by atoms with Crippen molar-refractivity contribution < 1.29 is 4.39 Å². The molecule has 1 aliphatic carbocycles. The summed E-state index contributed by atoms with van der Waals surface area (Å²) in [7, 11) is 0. The lowest BCUT2D eigenvalue weighted by atomic mass is 9.81. The standard InChI is InChI=1S/C17H26FN/c1-13-4-3-5-15(10-13)8-9-19-12-16-11-17(18)7-6-14(16)2/h6-7,11,13,15,19H,3-5,8-10,12H2,1-2H3. The van der Waals surface area contributed by atoms with E-state index < -0.39 is 0 Å². The van der Waals surface area contributed by atoms with E-state index >= 15 is 0 Å². The van der Waals surface area contributed by atoms with Gasteiger partial charge in [-0.2, -0.15) is 0 Å². The van der Waals surface area contributed by atoms with Gasteiger partial charge in [0.25, 0.3) is 0 Å². The monoisotopic (exact) mass is 263 g/mol. The van der Waals surface area contributed by atoms with Crippen LogP contribution in [-0.2, 0) is 6.54 Å². The van der Waals surface area contributed by atoms with Crippen molar-refractivity contribution in [2.45, 2.75) is 52.5 Å². The number of hydrogen-bond acceptors (Lipinski definition) is 1. The summed E-state index contributed by atoms with van der Waals surface area (Å²) in [6.45, 7) is 6.24. The highest BCUT2D eigenvalue weighted by Gasteiger charge is 2.18. The van der Waals surface area contributed by atoms with Crippen LogP contribution in [0.2, 0.25) is 0 Å². The first-order chi connectivity index (χ1) is 9.15. The Morgan fingerprint density at radius 2 is 2.16 bits per heavy atom. The average Bonchev–Trinajstić information content (AvgIpc) is 2.39. The third kappa shape index (κ3) is 4.61. The topological polar surface area (TPSA) is 12.0 Å². The van der Waals surface area contributed by atoms with Crippen LogP contribution in [0.25, 0.3) is 0 Å². The van der Waals surface area contributed by atoms with E-state index in [-0.39, 0.29) is 5.82 Å². The number of rotatable bonds is 5. The van der Waals surface area contributed by atoms with Crippen LogP contribution in [0.1, 0.15) is 50.2 Å². The molecule has 2 atom stereocenters. The number of hydrogen-bond donors (Lipinski definition) is 1. The Hall–Kier alpha value is -0.890. The van der Waals surface area contributed by atoms with Crippen LogP contribution in [0.3, 0.4) is 0 Å². The molecule has 0 saturated heterocycles. The second kappa shape index (κ2) is 7.04. The number of nitrogens with one attached hydrogen (secondary N) is 1. The zero-order valence-corrected chi connectivity index (χ0v) is 12.2. The summed E-state index contributed by atoms with van der Waals surface area (Å²) in [5, 5.41) is 3.47. The molecule has 2 rings (SSSR count). The zero-order valence-electron chi connectivity index (χ0n) is 12.2. The van der Waals surface area contributed by atoms with Crippen LogP contribution in [0.4, 0.5) is 4.39 Å². The van der Waals surface area contributed by atoms with Gasteiger partial charge in [-0.15, -0.1) is 0 Å². The predicted octanol–water partition coefficient (Wildman–Crippen LogP) is 4.44. The molecule has 0 radical (unpaired) electrons. The van der Waals surface area contributed by atoms with Crippen LogP contribution < -0.4 is 5.32 Å². The van der Waals surface area contributed by atoms with Crippen molar-refractivity contribution in [1.82, 2.24) is 5.32 Å². The molecule has 1 nitrogen and oxygen atoms in total. The third-order valence-electron chi connectivity index (χ3n) is 4.40. The summed E-state index contributed by atoms with van der Waals surface area (Å²) in [6.07, 6.45) is 6.85. The lowest BCUT2D eigenvalue weighted by molar-refractivity contribution is 0.267. The Morgan fingerprint density at radius 1 is 1.32 bits per heavy atom. The van der Waals surface area contributed by atoms with E-state index in [2.05, 4.69) is 12.2 Å². The maximum atomic E-state index is 13.2. The maximum absolute atomic E-state index is 13.2. The number of aryl methyl sites for hydroxylation is 1.